The van der Waals surface area contributed by atoms with Crippen LogP contribution in [0.15, 0.2) is 23.2 Å². The van der Waals surface area contributed by atoms with Crippen LogP contribution in [0.1, 0.15) is 25.3 Å². The first-order valence-electron chi connectivity index (χ1n) is 9.04. The summed E-state index contributed by atoms with van der Waals surface area (Å²) in [6, 6.07) is 5.20. The number of benzene rings is 1. The number of carbonyl (C=O) groups excluding carboxylic acids is 1. The van der Waals surface area contributed by atoms with Gasteiger partial charge in [0.15, 0.2) is 5.96 Å². The number of aliphatic imine (C=N–C) groups is 1. The van der Waals surface area contributed by atoms with E-state index in [-0.39, 0.29) is 41.7 Å². The van der Waals surface area contributed by atoms with Crippen LogP contribution < -0.4 is 10.2 Å². The Bertz CT molecular complexity index is 655. The van der Waals surface area contributed by atoms with Crippen LogP contribution in [0.2, 0.25) is 0 Å². The van der Waals surface area contributed by atoms with E-state index in [1.165, 1.54) is 6.07 Å². The van der Waals surface area contributed by atoms with E-state index in [9.17, 15) is 9.18 Å². The van der Waals surface area contributed by atoms with Crippen LogP contribution in [0.3, 0.4) is 0 Å². The molecular formula is C19H30FIN4O2. The van der Waals surface area contributed by atoms with Crippen LogP contribution in [0.25, 0.3) is 0 Å². The van der Waals surface area contributed by atoms with Crippen molar-refractivity contribution in [3.63, 3.8) is 0 Å². The van der Waals surface area contributed by atoms with Crippen LogP contribution in [-0.2, 0) is 16.1 Å². The van der Waals surface area contributed by atoms with Gasteiger partial charge in [-0.3, -0.25) is 9.79 Å². The lowest BCUT2D eigenvalue weighted by molar-refractivity contribution is -0.149. The van der Waals surface area contributed by atoms with Crippen molar-refractivity contribution < 1.29 is 13.9 Å². The maximum Gasteiger partial charge on any atom is 0.310 e. The van der Waals surface area contributed by atoms with Gasteiger partial charge in [0.25, 0.3) is 0 Å². The highest BCUT2D eigenvalue weighted by Crippen LogP contribution is 2.20. The number of rotatable bonds is 5. The SMILES string of the molecule is CCOC(=O)C1CCCN(C(=NC)NCc2ccc(N(C)C)c(F)c2)C1.I. The molecule has 1 unspecified atom stereocenters. The monoisotopic (exact) mass is 492 g/mol. The van der Waals surface area contributed by atoms with Gasteiger partial charge < -0.3 is 19.9 Å². The fourth-order valence-corrected chi connectivity index (χ4v) is 3.16. The molecule has 6 nitrogen and oxygen atoms in total. The number of halogens is 2. The minimum Gasteiger partial charge on any atom is -0.466 e. The van der Waals surface area contributed by atoms with E-state index in [0.29, 0.717) is 25.4 Å². The zero-order valence-corrected chi connectivity index (χ0v) is 18.8. The summed E-state index contributed by atoms with van der Waals surface area (Å²) in [5.74, 6) is 0.203. The Morgan fingerprint density at radius 3 is 2.78 bits per heavy atom. The normalized spacial score (nSPS) is 17.1. The number of likely N-dealkylation sites (tertiary alicyclic amines) is 1. The van der Waals surface area contributed by atoms with Crippen molar-refractivity contribution >= 4 is 41.6 Å². The number of nitrogens with one attached hydrogen (secondary N) is 1. The number of piperidine rings is 1. The Balaban J connectivity index is 0.00000364. The molecule has 1 fully saturated rings. The fourth-order valence-electron chi connectivity index (χ4n) is 3.16. The van der Waals surface area contributed by atoms with Gasteiger partial charge in [-0.2, -0.15) is 0 Å². The second-order valence-electron chi connectivity index (χ2n) is 6.62. The Hall–Kier alpha value is -1.58. The molecule has 1 aliphatic rings. The second kappa shape index (κ2) is 11.3. The predicted octanol–water partition coefficient (Wildman–Crippen LogP) is 2.86. The van der Waals surface area contributed by atoms with Crippen LogP contribution in [-0.4, -0.2) is 57.7 Å². The number of anilines is 1. The Labute approximate surface area is 178 Å². The number of carbonyl (C=O) groups is 1. The van der Waals surface area contributed by atoms with Gasteiger partial charge in [-0.05, 0) is 37.5 Å². The molecule has 0 aliphatic carbocycles. The molecule has 8 heteroatoms. The number of hydrogen-bond donors (Lipinski definition) is 1. The van der Waals surface area contributed by atoms with Crippen molar-refractivity contribution in [1.82, 2.24) is 10.2 Å². The average Bonchev–Trinajstić information content (AvgIpc) is 2.62. The van der Waals surface area contributed by atoms with Gasteiger partial charge in [-0.25, -0.2) is 4.39 Å². The van der Waals surface area contributed by atoms with Gasteiger partial charge in [0.2, 0.25) is 0 Å². The van der Waals surface area contributed by atoms with Crippen molar-refractivity contribution in [3.8, 4) is 0 Å². The van der Waals surface area contributed by atoms with E-state index in [2.05, 4.69) is 15.2 Å². The summed E-state index contributed by atoms with van der Waals surface area (Å²) < 4.78 is 19.3. The summed E-state index contributed by atoms with van der Waals surface area (Å²) in [4.78, 5) is 20.1. The predicted molar refractivity (Wildman–Crippen MR) is 117 cm³/mol. The number of esters is 1. The van der Waals surface area contributed by atoms with E-state index in [0.717, 1.165) is 30.9 Å². The molecule has 0 saturated carbocycles. The molecule has 1 saturated heterocycles. The van der Waals surface area contributed by atoms with Gasteiger partial charge in [0, 0.05) is 40.8 Å². The first kappa shape index (κ1) is 23.5. The molecule has 1 heterocycles. The molecule has 2 rings (SSSR count). The first-order valence-corrected chi connectivity index (χ1v) is 9.04. The standard InChI is InChI=1S/C19H29FN4O2.HI/c1-5-26-18(25)15-7-6-10-24(13-15)19(21-2)22-12-14-8-9-17(23(3)4)16(20)11-14;/h8-9,11,15H,5-7,10,12-13H2,1-4H3,(H,21,22);1H. The maximum atomic E-state index is 14.1. The van der Waals surface area contributed by atoms with Gasteiger partial charge >= 0.3 is 5.97 Å². The molecule has 1 aromatic rings. The maximum absolute atomic E-state index is 14.1. The molecule has 27 heavy (non-hydrogen) atoms. The van der Waals surface area contributed by atoms with Gasteiger partial charge in [-0.1, -0.05) is 6.07 Å². The second-order valence-corrected chi connectivity index (χ2v) is 6.62. The van der Waals surface area contributed by atoms with E-state index < -0.39 is 0 Å². The molecule has 152 valence electrons. The van der Waals surface area contributed by atoms with E-state index in [1.54, 1.807) is 18.0 Å². The molecule has 0 spiro atoms. The molecule has 1 atom stereocenters. The minimum atomic E-state index is -0.246. The highest BCUT2D eigenvalue weighted by molar-refractivity contribution is 14.0. The van der Waals surface area contributed by atoms with Gasteiger partial charge in [0.05, 0.1) is 18.2 Å². The third-order valence-corrected chi connectivity index (χ3v) is 4.50. The fraction of sp³-hybridized carbons (Fsp3) is 0.579. The van der Waals surface area contributed by atoms with Crippen LogP contribution in [0.5, 0.6) is 0 Å². The lowest BCUT2D eigenvalue weighted by Crippen LogP contribution is -2.48. The molecule has 0 aromatic heterocycles. The summed E-state index contributed by atoms with van der Waals surface area (Å²) in [6.45, 7) is 4.12. The lowest BCUT2D eigenvalue weighted by atomic mass is 9.98. The van der Waals surface area contributed by atoms with Crippen molar-refractivity contribution in [2.45, 2.75) is 26.3 Å². The van der Waals surface area contributed by atoms with E-state index in [4.69, 9.17) is 4.74 Å². The summed E-state index contributed by atoms with van der Waals surface area (Å²) >= 11 is 0. The van der Waals surface area contributed by atoms with Gasteiger partial charge in [0.1, 0.15) is 5.82 Å². The molecule has 0 amide bonds. The van der Waals surface area contributed by atoms with Crippen molar-refractivity contribution in [2.75, 3.05) is 45.7 Å². The summed E-state index contributed by atoms with van der Waals surface area (Å²) in [7, 11) is 5.34. The molecule has 0 bridgehead atoms. The van der Waals surface area contributed by atoms with Crippen molar-refractivity contribution in [3.05, 3.63) is 29.6 Å². The molecular weight excluding hydrogens is 462 g/mol. The number of ether oxygens (including phenoxy) is 1. The van der Waals surface area contributed by atoms with Crippen LogP contribution >= 0.6 is 24.0 Å². The summed E-state index contributed by atoms with van der Waals surface area (Å²) in [5.41, 5.74) is 1.40. The molecule has 1 N–H and O–H groups in total. The third-order valence-electron chi connectivity index (χ3n) is 4.50. The quantitative estimate of drug-likeness (QED) is 0.297. The minimum absolute atomic E-state index is 0. The van der Waals surface area contributed by atoms with Crippen molar-refractivity contribution in [1.29, 1.82) is 0 Å². The van der Waals surface area contributed by atoms with Crippen LogP contribution in [0, 0.1) is 11.7 Å². The highest BCUT2D eigenvalue weighted by atomic mass is 127. The first-order chi connectivity index (χ1) is 12.5. The Morgan fingerprint density at radius 1 is 1.44 bits per heavy atom. The van der Waals surface area contributed by atoms with E-state index >= 15 is 0 Å². The molecule has 1 aromatic carbocycles. The Morgan fingerprint density at radius 2 is 2.19 bits per heavy atom. The topological polar surface area (TPSA) is 57.2 Å². The molecule has 0 radical (unpaired) electrons. The third kappa shape index (κ3) is 6.51. The highest BCUT2D eigenvalue weighted by Gasteiger charge is 2.28. The van der Waals surface area contributed by atoms with Crippen LogP contribution in [0.4, 0.5) is 10.1 Å². The summed E-state index contributed by atoms with van der Waals surface area (Å²) in [5, 5.41) is 3.27. The van der Waals surface area contributed by atoms with Crippen molar-refractivity contribution in [2.24, 2.45) is 10.9 Å². The number of hydrogen-bond acceptors (Lipinski definition) is 4. The summed E-state index contributed by atoms with van der Waals surface area (Å²) in [6.07, 6.45) is 1.75. The number of nitrogens with zero attached hydrogens (tertiary/aromatic N) is 3. The smallest absolute Gasteiger partial charge is 0.310 e. The Kier molecular flexibility index (Phi) is 9.82. The van der Waals surface area contributed by atoms with E-state index in [1.807, 2.05) is 27.1 Å². The zero-order valence-electron chi connectivity index (χ0n) is 16.5. The zero-order chi connectivity index (χ0) is 19.1. The molecule has 1 aliphatic heterocycles. The van der Waals surface area contributed by atoms with Gasteiger partial charge in [-0.15, -0.1) is 24.0 Å². The largest absolute Gasteiger partial charge is 0.466 e. The average molecular weight is 492 g/mol. The number of guanidine groups is 1. The lowest BCUT2D eigenvalue weighted by Gasteiger charge is -2.34.